The van der Waals surface area contributed by atoms with E-state index in [2.05, 4.69) is 26.1 Å². The van der Waals surface area contributed by atoms with Crippen LogP contribution in [-0.2, 0) is 36.3 Å². The predicted octanol–water partition coefficient (Wildman–Crippen LogP) is 3.63. The highest BCUT2D eigenvalue weighted by molar-refractivity contribution is 7.89. The van der Waals surface area contributed by atoms with Crippen molar-refractivity contribution < 1.29 is 22.7 Å². The molecule has 1 unspecified atom stereocenters. The Kier molecular flexibility index (Phi) is 8.15. The lowest BCUT2D eigenvalue weighted by Crippen LogP contribution is -2.42. The van der Waals surface area contributed by atoms with Crippen molar-refractivity contribution in [1.82, 2.24) is 9.62 Å². The number of benzene rings is 2. The molecule has 1 heterocycles. The number of piperidine rings is 1. The first-order valence-corrected chi connectivity index (χ1v) is 13.1. The highest BCUT2D eigenvalue weighted by Crippen LogP contribution is 2.27. The third-order valence-electron chi connectivity index (χ3n) is 6.12. The number of hydrogen-bond acceptors (Lipinski definition) is 5. The second kappa shape index (κ2) is 10.7. The average Bonchev–Trinajstić information content (AvgIpc) is 2.82. The zero-order chi connectivity index (χ0) is 24.9. The Labute approximate surface area is 202 Å². The van der Waals surface area contributed by atoms with E-state index in [1.165, 1.54) is 4.31 Å². The van der Waals surface area contributed by atoms with Crippen LogP contribution in [0.15, 0.2) is 59.5 Å². The molecule has 34 heavy (non-hydrogen) atoms. The molecule has 2 aromatic rings. The molecule has 0 aliphatic carbocycles. The van der Waals surface area contributed by atoms with Crippen LogP contribution in [0, 0.1) is 5.92 Å². The molecule has 1 aliphatic heterocycles. The smallest absolute Gasteiger partial charge is 0.309 e. The third kappa shape index (κ3) is 6.45. The Morgan fingerprint density at radius 1 is 1.03 bits per heavy atom. The number of rotatable bonds is 7. The van der Waals surface area contributed by atoms with Crippen LogP contribution < -0.4 is 5.32 Å². The van der Waals surface area contributed by atoms with Crippen molar-refractivity contribution in [2.75, 3.05) is 13.1 Å². The van der Waals surface area contributed by atoms with Crippen LogP contribution in [0.5, 0.6) is 0 Å². The molecule has 1 N–H and O–H groups in total. The topological polar surface area (TPSA) is 92.8 Å². The molecule has 1 amide bonds. The van der Waals surface area contributed by atoms with Crippen molar-refractivity contribution in [3.63, 3.8) is 0 Å². The molecule has 0 aromatic heterocycles. The van der Waals surface area contributed by atoms with Crippen molar-refractivity contribution in [2.24, 2.45) is 5.92 Å². The maximum absolute atomic E-state index is 13.0. The van der Waals surface area contributed by atoms with E-state index < -0.39 is 28.0 Å². The van der Waals surface area contributed by atoms with Gasteiger partial charge in [-0.2, -0.15) is 4.31 Å². The summed E-state index contributed by atoms with van der Waals surface area (Å²) in [4.78, 5) is 25.1. The summed E-state index contributed by atoms with van der Waals surface area (Å²) in [6.07, 6.45) is -0.202. The second-order valence-electron chi connectivity index (χ2n) is 9.74. The highest BCUT2D eigenvalue weighted by atomic mass is 32.2. The molecule has 0 radical (unpaired) electrons. The minimum atomic E-state index is -3.63. The van der Waals surface area contributed by atoms with Crippen molar-refractivity contribution in [3.05, 3.63) is 65.7 Å². The van der Waals surface area contributed by atoms with Crippen LogP contribution in [0.25, 0.3) is 0 Å². The zero-order valence-corrected chi connectivity index (χ0v) is 21.1. The SMILES string of the molecule is CC(OC(=O)C1CCN(S(=O)(=O)c2ccc(C(C)(C)C)cc2)CC1)C(=O)NCc1ccccc1. The van der Waals surface area contributed by atoms with Gasteiger partial charge in [-0.05, 0) is 48.4 Å². The average molecular weight is 487 g/mol. The van der Waals surface area contributed by atoms with Crippen LogP contribution in [-0.4, -0.2) is 43.8 Å². The fraction of sp³-hybridized carbons (Fsp3) is 0.462. The summed E-state index contributed by atoms with van der Waals surface area (Å²) in [5.41, 5.74) is 1.96. The van der Waals surface area contributed by atoms with Gasteiger partial charge in [0.15, 0.2) is 6.10 Å². The van der Waals surface area contributed by atoms with Gasteiger partial charge >= 0.3 is 5.97 Å². The highest BCUT2D eigenvalue weighted by Gasteiger charge is 2.34. The van der Waals surface area contributed by atoms with Crippen LogP contribution in [0.3, 0.4) is 0 Å². The second-order valence-corrected chi connectivity index (χ2v) is 11.7. The Morgan fingerprint density at radius 3 is 2.18 bits per heavy atom. The molecule has 0 spiro atoms. The van der Waals surface area contributed by atoms with E-state index in [1.807, 2.05) is 42.5 Å². The van der Waals surface area contributed by atoms with Gasteiger partial charge in [0, 0.05) is 19.6 Å². The van der Waals surface area contributed by atoms with E-state index in [4.69, 9.17) is 4.74 Å². The molecule has 1 fully saturated rings. The monoisotopic (exact) mass is 486 g/mol. The number of ether oxygens (including phenoxy) is 1. The molecular weight excluding hydrogens is 452 g/mol. The van der Waals surface area contributed by atoms with Gasteiger partial charge in [-0.25, -0.2) is 8.42 Å². The quantitative estimate of drug-likeness (QED) is 0.604. The number of hydrogen-bond donors (Lipinski definition) is 1. The molecular formula is C26H34N2O5S. The van der Waals surface area contributed by atoms with Crippen LogP contribution in [0.2, 0.25) is 0 Å². The van der Waals surface area contributed by atoms with Gasteiger partial charge in [-0.15, -0.1) is 0 Å². The Morgan fingerprint density at radius 2 is 1.62 bits per heavy atom. The number of sulfonamides is 1. The van der Waals surface area contributed by atoms with Crippen LogP contribution in [0.1, 0.15) is 51.7 Å². The molecule has 184 valence electrons. The molecule has 8 heteroatoms. The van der Waals surface area contributed by atoms with Crippen molar-refractivity contribution >= 4 is 21.9 Å². The Hall–Kier alpha value is -2.71. The van der Waals surface area contributed by atoms with E-state index in [-0.39, 0.29) is 29.3 Å². The predicted molar refractivity (Wildman–Crippen MR) is 130 cm³/mol. The standard InChI is InChI=1S/C26H34N2O5S/c1-19(24(29)27-18-20-8-6-5-7-9-20)33-25(30)21-14-16-28(17-15-21)34(31,32)23-12-10-22(11-13-23)26(2,3)4/h5-13,19,21H,14-18H2,1-4H3,(H,27,29). The lowest BCUT2D eigenvalue weighted by Gasteiger charge is -2.30. The minimum Gasteiger partial charge on any atom is -0.452 e. The molecule has 3 rings (SSSR count). The normalized spacial score (nSPS) is 16.6. The Bertz CT molecular complexity index is 1080. The van der Waals surface area contributed by atoms with E-state index >= 15 is 0 Å². The molecule has 1 atom stereocenters. The first-order valence-electron chi connectivity index (χ1n) is 11.6. The van der Waals surface area contributed by atoms with E-state index in [9.17, 15) is 18.0 Å². The van der Waals surface area contributed by atoms with Gasteiger partial charge in [-0.3, -0.25) is 9.59 Å². The maximum Gasteiger partial charge on any atom is 0.309 e. The number of nitrogens with zero attached hydrogens (tertiary/aromatic N) is 1. The largest absolute Gasteiger partial charge is 0.452 e. The summed E-state index contributed by atoms with van der Waals surface area (Å²) in [6.45, 7) is 8.60. The molecule has 7 nitrogen and oxygen atoms in total. The van der Waals surface area contributed by atoms with E-state index in [0.29, 0.717) is 19.4 Å². The van der Waals surface area contributed by atoms with Gasteiger partial charge in [0.05, 0.1) is 10.8 Å². The van der Waals surface area contributed by atoms with Gasteiger partial charge in [0.25, 0.3) is 5.91 Å². The number of carbonyl (C=O) groups is 2. The van der Waals surface area contributed by atoms with Gasteiger partial charge in [-0.1, -0.05) is 63.2 Å². The summed E-state index contributed by atoms with van der Waals surface area (Å²) in [7, 11) is -3.63. The van der Waals surface area contributed by atoms with Crippen molar-refractivity contribution in [2.45, 2.75) is 63.5 Å². The minimum absolute atomic E-state index is 0.0589. The summed E-state index contributed by atoms with van der Waals surface area (Å²) >= 11 is 0. The fourth-order valence-corrected chi connectivity index (χ4v) is 5.33. The maximum atomic E-state index is 13.0. The summed E-state index contributed by atoms with van der Waals surface area (Å²) < 4.78 is 32.9. The third-order valence-corrected chi connectivity index (χ3v) is 8.03. The number of carbonyl (C=O) groups excluding carboxylic acids is 2. The lowest BCUT2D eigenvalue weighted by atomic mass is 9.87. The molecule has 1 saturated heterocycles. The molecule has 2 aromatic carbocycles. The van der Waals surface area contributed by atoms with Crippen molar-refractivity contribution in [3.8, 4) is 0 Å². The van der Waals surface area contributed by atoms with E-state index in [0.717, 1.165) is 11.1 Å². The first kappa shape index (κ1) is 25.9. The first-order chi connectivity index (χ1) is 16.0. The van der Waals surface area contributed by atoms with Gasteiger partial charge < -0.3 is 10.1 Å². The van der Waals surface area contributed by atoms with Crippen molar-refractivity contribution in [1.29, 1.82) is 0 Å². The zero-order valence-electron chi connectivity index (χ0n) is 20.3. The summed E-state index contributed by atoms with van der Waals surface area (Å²) in [5.74, 6) is -1.26. The van der Waals surface area contributed by atoms with Gasteiger partial charge in [0.2, 0.25) is 10.0 Å². The van der Waals surface area contributed by atoms with Crippen LogP contribution >= 0.6 is 0 Å². The lowest BCUT2D eigenvalue weighted by molar-refractivity contribution is -0.159. The number of amides is 1. The molecule has 0 bridgehead atoms. The summed E-state index contributed by atoms with van der Waals surface area (Å²) in [6, 6.07) is 16.5. The molecule has 0 saturated carbocycles. The van der Waals surface area contributed by atoms with Crippen LogP contribution in [0.4, 0.5) is 0 Å². The fourth-order valence-electron chi connectivity index (χ4n) is 3.86. The number of esters is 1. The summed E-state index contributed by atoms with van der Waals surface area (Å²) in [5, 5.41) is 2.76. The number of nitrogens with one attached hydrogen (secondary N) is 1. The Balaban J connectivity index is 1.50. The molecule has 1 aliphatic rings. The van der Waals surface area contributed by atoms with E-state index in [1.54, 1.807) is 19.1 Å². The van der Waals surface area contributed by atoms with Gasteiger partial charge in [0.1, 0.15) is 0 Å².